The Morgan fingerprint density at radius 2 is 1.66 bits per heavy atom. The fourth-order valence-electron chi connectivity index (χ4n) is 3.45. The number of benzene rings is 1. The van der Waals surface area contributed by atoms with Crippen LogP contribution in [0, 0.1) is 5.92 Å². The monoisotopic (exact) mass is 440 g/mol. The number of aromatic nitrogens is 2. The van der Waals surface area contributed by atoms with E-state index in [1.165, 1.54) is 44.9 Å². The third-order valence-electron chi connectivity index (χ3n) is 5.78. The van der Waals surface area contributed by atoms with Gasteiger partial charge >= 0.3 is 12.0 Å². The quantitative estimate of drug-likeness (QED) is 0.201. The minimum absolute atomic E-state index is 0.0810. The summed E-state index contributed by atoms with van der Waals surface area (Å²) in [4.78, 5) is 20.9. The molecule has 2 rings (SSSR count). The summed E-state index contributed by atoms with van der Waals surface area (Å²) in [5.74, 6) is 0.825. The predicted octanol–water partition coefficient (Wildman–Crippen LogP) is 7.39. The highest BCUT2D eigenvalue weighted by molar-refractivity contribution is 5.72. The van der Waals surface area contributed by atoms with E-state index in [4.69, 9.17) is 9.47 Å². The average molecular weight is 441 g/mol. The van der Waals surface area contributed by atoms with Crippen LogP contribution in [0.4, 0.5) is 0 Å². The SMILES string of the molecule is CCCCCCCCCCOc1cnc(OC(=O)CCC(C)CC)nc1-c1ccccc1. The molecule has 0 spiro atoms. The van der Waals surface area contributed by atoms with Gasteiger partial charge in [-0.3, -0.25) is 4.79 Å². The van der Waals surface area contributed by atoms with Crippen molar-refractivity contribution in [3.05, 3.63) is 36.5 Å². The Morgan fingerprint density at radius 1 is 0.969 bits per heavy atom. The van der Waals surface area contributed by atoms with E-state index in [0.29, 0.717) is 30.4 Å². The van der Waals surface area contributed by atoms with Crippen LogP contribution in [0.1, 0.15) is 91.4 Å². The average Bonchev–Trinajstić information content (AvgIpc) is 2.82. The van der Waals surface area contributed by atoms with E-state index < -0.39 is 0 Å². The number of carbonyl (C=O) groups excluding carboxylic acids is 1. The molecule has 0 saturated carbocycles. The molecule has 0 saturated heterocycles. The summed E-state index contributed by atoms with van der Waals surface area (Å²) in [7, 11) is 0. The Balaban J connectivity index is 1.92. The van der Waals surface area contributed by atoms with Gasteiger partial charge < -0.3 is 9.47 Å². The summed E-state index contributed by atoms with van der Waals surface area (Å²) in [5, 5.41) is 0. The molecule has 2 aromatic rings. The van der Waals surface area contributed by atoms with E-state index in [-0.39, 0.29) is 12.0 Å². The third kappa shape index (κ3) is 9.80. The maximum atomic E-state index is 12.2. The molecule has 0 aliphatic heterocycles. The zero-order valence-electron chi connectivity index (χ0n) is 20.1. The first-order valence-corrected chi connectivity index (χ1v) is 12.4. The molecule has 0 fully saturated rings. The molecule has 0 bridgehead atoms. The summed E-state index contributed by atoms with van der Waals surface area (Å²) in [5.41, 5.74) is 1.57. The molecule has 176 valence electrons. The molecule has 0 N–H and O–H groups in total. The zero-order valence-corrected chi connectivity index (χ0v) is 20.1. The molecule has 0 amide bonds. The van der Waals surface area contributed by atoms with Crippen LogP contribution >= 0.6 is 0 Å². The fourth-order valence-corrected chi connectivity index (χ4v) is 3.45. The van der Waals surface area contributed by atoms with Crippen molar-refractivity contribution in [1.82, 2.24) is 9.97 Å². The lowest BCUT2D eigenvalue weighted by Crippen LogP contribution is -2.12. The van der Waals surface area contributed by atoms with Crippen LogP contribution in [0.3, 0.4) is 0 Å². The topological polar surface area (TPSA) is 61.3 Å². The number of unbranched alkanes of at least 4 members (excludes halogenated alkanes) is 7. The van der Waals surface area contributed by atoms with Crippen molar-refractivity contribution >= 4 is 5.97 Å². The van der Waals surface area contributed by atoms with Gasteiger partial charge in [0, 0.05) is 12.0 Å². The van der Waals surface area contributed by atoms with Crippen molar-refractivity contribution in [3.63, 3.8) is 0 Å². The summed E-state index contributed by atoms with van der Waals surface area (Å²) in [6.07, 6.45) is 13.9. The lowest BCUT2D eigenvalue weighted by molar-refractivity contribution is -0.135. The van der Waals surface area contributed by atoms with Crippen LogP contribution in [0.25, 0.3) is 11.3 Å². The van der Waals surface area contributed by atoms with Crippen molar-refractivity contribution in [1.29, 1.82) is 0 Å². The first-order valence-electron chi connectivity index (χ1n) is 12.4. The molecule has 1 aromatic carbocycles. The van der Waals surface area contributed by atoms with Crippen LogP contribution in [-0.4, -0.2) is 22.5 Å². The first kappa shape index (κ1) is 25.8. The second kappa shape index (κ2) is 15.4. The minimum Gasteiger partial charge on any atom is -0.490 e. The molecule has 0 aliphatic carbocycles. The summed E-state index contributed by atoms with van der Waals surface area (Å²) in [6.45, 7) is 7.13. The van der Waals surface area contributed by atoms with E-state index in [2.05, 4.69) is 30.7 Å². The Hall–Kier alpha value is -2.43. The molecule has 1 heterocycles. The van der Waals surface area contributed by atoms with Crippen LogP contribution < -0.4 is 9.47 Å². The Kier molecular flexibility index (Phi) is 12.4. The molecule has 32 heavy (non-hydrogen) atoms. The number of carbonyl (C=O) groups is 1. The minimum atomic E-state index is -0.295. The van der Waals surface area contributed by atoms with Gasteiger partial charge in [0.15, 0.2) is 5.75 Å². The number of ether oxygens (including phenoxy) is 2. The molecule has 1 atom stereocenters. The molecule has 5 heteroatoms. The van der Waals surface area contributed by atoms with Crippen LogP contribution in [-0.2, 0) is 4.79 Å². The maximum absolute atomic E-state index is 12.2. The standard InChI is InChI=1S/C27H40N2O3/c1-4-6-7-8-9-10-11-15-20-31-24-21-28-27(32-25(30)19-18-22(3)5-2)29-26(24)23-16-13-12-14-17-23/h12-14,16-17,21-22H,4-11,15,18-20H2,1-3H3. The van der Waals surface area contributed by atoms with Crippen molar-refractivity contribution < 1.29 is 14.3 Å². The second-order valence-electron chi connectivity index (χ2n) is 8.58. The van der Waals surface area contributed by atoms with Gasteiger partial charge in [-0.25, -0.2) is 0 Å². The number of rotatable bonds is 16. The van der Waals surface area contributed by atoms with E-state index in [1.54, 1.807) is 6.20 Å². The molecular weight excluding hydrogens is 400 g/mol. The summed E-state index contributed by atoms with van der Waals surface area (Å²) in [6, 6.07) is 9.90. The van der Waals surface area contributed by atoms with Crippen molar-refractivity contribution in [3.8, 4) is 23.0 Å². The Labute approximate surface area is 194 Å². The Morgan fingerprint density at radius 3 is 2.34 bits per heavy atom. The van der Waals surface area contributed by atoms with Gasteiger partial charge in [0.2, 0.25) is 0 Å². The van der Waals surface area contributed by atoms with Crippen LogP contribution in [0.5, 0.6) is 11.8 Å². The van der Waals surface area contributed by atoms with Crippen molar-refractivity contribution in [2.24, 2.45) is 5.92 Å². The molecule has 1 unspecified atom stereocenters. The summed E-state index contributed by atoms with van der Waals surface area (Å²) < 4.78 is 11.4. The number of nitrogens with zero attached hydrogens (tertiary/aromatic N) is 2. The zero-order chi connectivity index (χ0) is 23.0. The molecular formula is C27H40N2O3. The van der Waals surface area contributed by atoms with E-state index >= 15 is 0 Å². The molecule has 1 aromatic heterocycles. The highest BCUT2D eigenvalue weighted by atomic mass is 16.5. The number of hydrogen-bond donors (Lipinski definition) is 0. The van der Waals surface area contributed by atoms with Crippen molar-refractivity contribution in [2.45, 2.75) is 91.4 Å². The Bertz CT molecular complexity index is 780. The fraction of sp³-hybridized carbons (Fsp3) is 0.593. The van der Waals surface area contributed by atoms with Gasteiger partial charge in [-0.1, -0.05) is 102 Å². The van der Waals surface area contributed by atoms with Gasteiger partial charge in [0.05, 0.1) is 12.8 Å². The van der Waals surface area contributed by atoms with Gasteiger partial charge in [-0.15, -0.1) is 0 Å². The lowest BCUT2D eigenvalue weighted by atomic mass is 10.0. The molecule has 0 aliphatic rings. The second-order valence-corrected chi connectivity index (χ2v) is 8.58. The van der Waals surface area contributed by atoms with Crippen LogP contribution in [0.15, 0.2) is 36.5 Å². The third-order valence-corrected chi connectivity index (χ3v) is 5.78. The lowest BCUT2D eigenvalue weighted by Gasteiger charge is -2.12. The van der Waals surface area contributed by atoms with Gasteiger partial charge in [-0.05, 0) is 18.8 Å². The van der Waals surface area contributed by atoms with Gasteiger partial charge in [0.25, 0.3) is 0 Å². The maximum Gasteiger partial charge on any atom is 0.325 e. The first-order chi connectivity index (χ1) is 15.6. The molecule has 0 radical (unpaired) electrons. The largest absolute Gasteiger partial charge is 0.490 e. The highest BCUT2D eigenvalue weighted by Gasteiger charge is 2.15. The number of hydrogen-bond acceptors (Lipinski definition) is 5. The smallest absolute Gasteiger partial charge is 0.325 e. The normalized spacial score (nSPS) is 11.8. The van der Waals surface area contributed by atoms with Gasteiger partial charge in [-0.2, -0.15) is 9.97 Å². The summed E-state index contributed by atoms with van der Waals surface area (Å²) >= 11 is 0. The predicted molar refractivity (Wildman–Crippen MR) is 130 cm³/mol. The highest BCUT2D eigenvalue weighted by Crippen LogP contribution is 2.29. The van der Waals surface area contributed by atoms with Gasteiger partial charge in [0.1, 0.15) is 5.69 Å². The number of esters is 1. The van der Waals surface area contributed by atoms with E-state index in [0.717, 1.165) is 24.8 Å². The van der Waals surface area contributed by atoms with Crippen LogP contribution in [0.2, 0.25) is 0 Å². The van der Waals surface area contributed by atoms with E-state index in [1.807, 2.05) is 30.3 Å². The molecule has 5 nitrogen and oxygen atoms in total. The van der Waals surface area contributed by atoms with E-state index in [9.17, 15) is 4.79 Å². The van der Waals surface area contributed by atoms with Crippen molar-refractivity contribution in [2.75, 3.05) is 6.61 Å².